The lowest BCUT2D eigenvalue weighted by atomic mass is 10.0. The van der Waals surface area contributed by atoms with E-state index in [1.807, 2.05) is 53.9 Å². The van der Waals surface area contributed by atoms with Crippen molar-refractivity contribution in [2.45, 2.75) is 33.4 Å². The van der Waals surface area contributed by atoms with Crippen molar-refractivity contribution in [2.75, 3.05) is 6.54 Å². The largest absolute Gasteiger partial charge is 0.334 e. The van der Waals surface area contributed by atoms with Gasteiger partial charge in [0.1, 0.15) is 0 Å². The highest BCUT2D eigenvalue weighted by atomic mass is 16.2. The van der Waals surface area contributed by atoms with Crippen LogP contribution in [0.5, 0.6) is 0 Å². The molecule has 0 unspecified atom stereocenters. The van der Waals surface area contributed by atoms with Gasteiger partial charge in [0, 0.05) is 43.7 Å². The van der Waals surface area contributed by atoms with Crippen molar-refractivity contribution >= 4 is 5.91 Å². The first-order chi connectivity index (χ1) is 13.4. The lowest BCUT2D eigenvalue weighted by Gasteiger charge is -2.29. The summed E-state index contributed by atoms with van der Waals surface area (Å²) >= 11 is 0. The molecule has 1 aromatic carbocycles. The summed E-state index contributed by atoms with van der Waals surface area (Å²) in [6, 6.07) is 11.5. The topological polar surface area (TPSA) is 60.1 Å². The number of carbonyl (C=O) groups excluding carboxylic acids is 1. The summed E-state index contributed by atoms with van der Waals surface area (Å²) in [5.41, 5.74) is 6.02. The van der Waals surface area contributed by atoms with Gasteiger partial charge in [0.05, 0.1) is 12.2 Å². The number of nitrogens with zero attached hydrogens (tertiary/aromatic N) is 4. The van der Waals surface area contributed by atoms with Gasteiger partial charge in [-0.1, -0.05) is 12.1 Å². The second-order valence-electron chi connectivity index (χ2n) is 7.53. The summed E-state index contributed by atoms with van der Waals surface area (Å²) in [5.74, 6) is 0.0252. The zero-order valence-electron chi connectivity index (χ0n) is 16.5. The molecule has 6 nitrogen and oxygen atoms in total. The van der Waals surface area contributed by atoms with E-state index in [4.69, 9.17) is 0 Å². The molecule has 2 aromatic heterocycles. The highest BCUT2D eigenvalue weighted by Crippen LogP contribution is 2.19. The molecule has 6 heteroatoms. The normalized spacial score (nSPS) is 13.5. The zero-order valence-corrected chi connectivity index (χ0v) is 16.5. The molecule has 0 saturated heterocycles. The first-order valence-corrected chi connectivity index (χ1v) is 9.48. The quantitative estimate of drug-likeness (QED) is 0.705. The number of rotatable bonds is 3. The van der Waals surface area contributed by atoms with E-state index in [-0.39, 0.29) is 11.5 Å². The van der Waals surface area contributed by atoms with Crippen molar-refractivity contribution in [3.63, 3.8) is 0 Å². The van der Waals surface area contributed by atoms with Crippen molar-refractivity contribution in [3.8, 4) is 0 Å². The second-order valence-corrected chi connectivity index (χ2v) is 7.53. The van der Waals surface area contributed by atoms with Gasteiger partial charge < -0.3 is 9.47 Å². The van der Waals surface area contributed by atoms with Crippen LogP contribution in [-0.4, -0.2) is 31.7 Å². The Morgan fingerprint density at radius 3 is 2.54 bits per heavy atom. The molecular weight excluding hydrogens is 352 g/mol. The molecule has 0 aliphatic carbocycles. The lowest BCUT2D eigenvalue weighted by molar-refractivity contribution is 0.0734. The van der Waals surface area contributed by atoms with Crippen molar-refractivity contribution in [2.24, 2.45) is 7.05 Å². The Morgan fingerprint density at radius 1 is 1.11 bits per heavy atom. The Morgan fingerprint density at radius 2 is 1.86 bits per heavy atom. The standard InChI is InChI=1S/C22H24N4O2/c1-15-10-16(2)26(23-15)12-17-4-6-18(7-5-17)22(28)25-9-8-19-11-21(27)24(3)13-20(19)14-25/h4-7,10-11,13H,8-9,12,14H2,1-3H3. The summed E-state index contributed by atoms with van der Waals surface area (Å²) in [4.78, 5) is 26.6. The van der Waals surface area contributed by atoms with Crippen LogP contribution in [-0.2, 0) is 26.6 Å². The number of aryl methyl sites for hydroxylation is 3. The lowest BCUT2D eigenvalue weighted by Crippen LogP contribution is -2.37. The smallest absolute Gasteiger partial charge is 0.254 e. The second kappa shape index (κ2) is 7.11. The van der Waals surface area contributed by atoms with Crippen molar-refractivity contribution in [3.05, 3.63) is 86.6 Å². The first kappa shape index (κ1) is 18.2. The van der Waals surface area contributed by atoms with Crippen molar-refractivity contribution in [1.82, 2.24) is 19.2 Å². The summed E-state index contributed by atoms with van der Waals surface area (Å²) in [5, 5.41) is 4.49. The predicted molar refractivity (Wildman–Crippen MR) is 107 cm³/mol. The molecule has 1 aliphatic heterocycles. The molecule has 1 aliphatic rings. The summed E-state index contributed by atoms with van der Waals surface area (Å²) in [6.45, 7) is 5.89. The number of hydrogen-bond donors (Lipinski definition) is 0. The van der Waals surface area contributed by atoms with Crippen LogP contribution in [0.4, 0.5) is 0 Å². The minimum atomic E-state index is -0.00303. The van der Waals surface area contributed by atoms with E-state index in [1.165, 1.54) is 0 Å². The van der Waals surface area contributed by atoms with Crippen molar-refractivity contribution < 1.29 is 4.79 Å². The predicted octanol–water partition coefficient (Wildman–Crippen LogP) is 2.45. The maximum absolute atomic E-state index is 12.9. The number of fused-ring (bicyclic) bond motifs is 1. The van der Waals surface area contributed by atoms with Gasteiger partial charge in [-0.25, -0.2) is 0 Å². The van der Waals surface area contributed by atoms with Crippen LogP contribution in [0.25, 0.3) is 0 Å². The van der Waals surface area contributed by atoms with Crippen LogP contribution < -0.4 is 5.56 Å². The Bertz CT molecular complexity index is 1090. The van der Waals surface area contributed by atoms with Gasteiger partial charge in [-0.3, -0.25) is 14.3 Å². The number of hydrogen-bond acceptors (Lipinski definition) is 3. The Kier molecular flexibility index (Phi) is 4.63. The maximum atomic E-state index is 12.9. The number of amides is 1. The highest BCUT2D eigenvalue weighted by Gasteiger charge is 2.22. The molecule has 0 radical (unpaired) electrons. The van der Waals surface area contributed by atoms with E-state index < -0.39 is 0 Å². The monoisotopic (exact) mass is 376 g/mol. The van der Waals surface area contributed by atoms with Crippen LogP contribution in [0, 0.1) is 13.8 Å². The van der Waals surface area contributed by atoms with Gasteiger partial charge in [0.2, 0.25) is 0 Å². The fraction of sp³-hybridized carbons (Fsp3) is 0.318. The zero-order chi connectivity index (χ0) is 19.8. The minimum Gasteiger partial charge on any atom is -0.334 e. The molecule has 0 saturated carbocycles. The molecule has 4 rings (SSSR count). The molecule has 3 aromatic rings. The Balaban J connectivity index is 1.48. The van der Waals surface area contributed by atoms with E-state index in [9.17, 15) is 9.59 Å². The number of benzene rings is 1. The molecule has 28 heavy (non-hydrogen) atoms. The third-order valence-corrected chi connectivity index (χ3v) is 5.34. The number of pyridine rings is 1. The molecular formula is C22H24N4O2. The molecule has 3 heterocycles. The molecule has 0 N–H and O–H groups in total. The van der Waals surface area contributed by atoms with E-state index in [1.54, 1.807) is 17.7 Å². The summed E-state index contributed by atoms with van der Waals surface area (Å²) < 4.78 is 3.54. The molecule has 1 amide bonds. The molecule has 0 spiro atoms. The SMILES string of the molecule is Cc1cc(C)n(Cc2ccc(C(=O)N3CCc4cc(=O)n(C)cc4C3)cc2)n1. The fourth-order valence-electron chi connectivity index (χ4n) is 3.76. The average molecular weight is 376 g/mol. The molecule has 0 atom stereocenters. The number of aromatic nitrogens is 3. The maximum Gasteiger partial charge on any atom is 0.254 e. The molecule has 0 fully saturated rings. The fourth-order valence-corrected chi connectivity index (χ4v) is 3.76. The Hall–Kier alpha value is -3.15. The van der Waals surface area contributed by atoms with Crippen LogP contribution in [0.2, 0.25) is 0 Å². The van der Waals surface area contributed by atoms with Crippen LogP contribution in [0.3, 0.4) is 0 Å². The van der Waals surface area contributed by atoms with Crippen molar-refractivity contribution in [1.29, 1.82) is 0 Å². The average Bonchev–Trinajstić information content (AvgIpc) is 2.99. The summed E-state index contributed by atoms with van der Waals surface area (Å²) in [6.07, 6.45) is 2.56. The van der Waals surface area contributed by atoms with Gasteiger partial charge in [-0.05, 0) is 55.2 Å². The number of carbonyl (C=O) groups is 1. The van der Waals surface area contributed by atoms with Crippen LogP contribution in [0.1, 0.15) is 38.4 Å². The van der Waals surface area contributed by atoms with E-state index in [0.29, 0.717) is 31.6 Å². The first-order valence-electron chi connectivity index (χ1n) is 9.48. The minimum absolute atomic E-state index is 0.00303. The van der Waals surface area contributed by atoms with Gasteiger partial charge in [0.15, 0.2) is 0 Å². The van der Waals surface area contributed by atoms with E-state index in [2.05, 4.69) is 11.2 Å². The third kappa shape index (κ3) is 3.50. The van der Waals surface area contributed by atoms with Crippen LogP contribution in [0.15, 0.2) is 47.4 Å². The van der Waals surface area contributed by atoms with E-state index >= 15 is 0 Å². The van der Waals surface area contributed by atoms with Crippen LogP contribution >= 0.6 is 0 Å². The van der Waals surface area contributed by atoms with Gasteiger partial charge >= 0.3 is 0 Å². The molecule has 144 valence electrons. The Labute approximate surface area is 164 Å². The van der Waals surface area contributed by atoms with Gasteiger partial charge in [-0.2, -0.15) is 5.10 Å². The molecule has 0 bridgehead atoms. The van der Waals surface area contributed by atoms with Gasteiger partial charge in [0.25, 0.3) is 11.5 Å². The van der Waals surface area contributed by atoms with Gasteiger partial charge in [-0.15, -0.1) is 0 Å². The third-order valence-electron chi connectivity index (χ3n) is 5.34. The highest BCUT2D eigenvalue weighted by molar-refractivity contribution is 5.94. The van der Waals surface area contributed by atoms with E-state index in [0.717, 1.165) is 28.1 Å². The summed E-state index contributed by atoms with van der Waals surface area (Å²) in [7, 11) is 1.74.